The van der Waals surface area contributed by atoms with Crippen LogP contribution in [0.2, 0.25) is 0 Å². The lowest BCUT2D eigenvalue weighted by Gasteiger charge is -2.15. The quantitative estimate of drug-likeness (QED) is 0.768. The molecule has 1 heterocycles. The molecule has 0 atom stereocenters. The van der Waals surface area contributed by atoms with Gasteiger partial charge in [-0.15, -0.1) is 11.3 Å². The van der Waals surface area contributed by atoms with Crippen LogP contribution < -0.4 is 0 Å². The highest BCUT2D eigenvalue weighted by atomic mass is 79.9. The number of sulfone groups is 1. The first-order valence-corrected chi connectivity index (χ1v) is 10.2. The lowest BCUT2D eigenvalue weighted by atomic mass is 10.5. The Bertz CT molecular complexity index is 649. The topological polar surface area (TPSA) is 91.8 Å². The standard InChI is InChI=1S/C9H14BrNO5S3/c1-11(3-4-18(2,13)14)19(15,16)8-5-7(6-12)17-9(8)10/h5,12H,3-4,6H2,1-2H3. The van der Waals surface area contributed by atoms with E-state index in [0.717, 1.165) is 21.9 Å². The zero-order chi connectivity index (χ0) is 14.8. The lowest BCUT2D eigenvalue weighted by Crippen LogP contribution is -2.31. The molecule has 10 heteroatoms. The summed E-state index contributed by atoms with van der Waals surface area (Å²) in [7, 11) is -5.66. The molecule has 0 spiro atoms. The van der Waals surface area contributed by atoms with E-state index in [2.05, 4.69) is 15.9 Å². The maximum absolute atomic E-state index is 12.2. The van der Waals surface area contributed by atoms with E-state index in [1.807, 2.05) is 0 Å². The molecule has 1 N–H and O–H groups in total. The van der Waals surface area contributed by atoms with Crippen molar-refractivity contribution in [3.63, 3.8) is 0 Å². The molecule has 0 aliphatic carbocycles. The van der Waals surface area contributed by atoms with Crippen molar-refractivity contribution in [1.29, 1.82) is 0 Å². The summed E-state index contributed by atoms with van der Waals surface area (Å²) in [4.78, 5) is 0.555. The van der Waals surface area contributed by atoms with Crippen molar-refractivity contribution >= 4 is 47.1 Å². The lowest BCUT2D eigenvalue weighted by molar-refractivity contribution is 0.285. The third-order valence-corrected chi connectivity index (χ3v) is 7.35. The summed E-state index contributed by atoms with van der Waals surface area (Å²) in [5.41, 5.74) is 0. The summed E-state index contributed by atoms with van der Waals surface area (Å²) < 4.78 is 47.9. The molecule has 1 rings (SSSR count). The van der Waals surface area contributed by atoms with Gasteiger partial charge in [0.15, 0.2) is 0 Å². The summed E-state index contributed by atoms with van der Waals surface area (Å²) in [5, 5.41) is 8.99. The van der Waals surface area contributed by atoms with Gasteiger partial charge in [0.25, 0.3) is 0 Å². The molecular weight excluding hydrogens is 378 g/mol. The first kappa shape index (κ1) is 17.1. The van der Waals surface area contributed by atoms with E-state index >= 15 is 0 Å². The van der Waals surface area contributed by atoms with E-state index < -0.39 is 19.9 Å². The van der Waals surface area contributed by atoms with E-state index in [0.29, 0.717) is 8.66 Å². The van der Waals surface area contributed by atoms with Gasteiger partial charge in [-0.3, -0.25) is 0 Å². The van der Waals surface area contributed by atoms with E-state index in [4.69, 9.17) is 5.11 Å². The van der Waals surface area contributed by atoms with Crippen LogP contribution in [0.3, 0.4) is 0 Å². The predicted octanol–water partition coefficient (Wildman–Crippen LogP) is 0.668. The van der Waals surface area contributed by atoms with Crippen molar-refractivity contribution in [1.82, 2.24) is 4.31 Å². The Kier molecular flexibility index (Phi) is 5.55. The first-order chi connectivity index (χ1) is 8.58. The van der Waals surface area contributed by atoms with Gasteiger partial charge in [-0.05, 0) is 22.0 Å². The molecule has 0 fully saturated rings. The molecule has 0 bridgehead atoms. The molecule has 0 radical (unpaired) electrons. The highest BCUT2D eigenvalue weighted by Crippen LogP contribution is 2.33. The minimum absolute atomic E-state index is 0.0394. The fourth-order valence-electron chi connectivity index (χ4n) is 1.23. The Morgan fingerprint density at radius 3 is 2.37 bits per heavy atom. The molecule has 0 unspecified atom stereocenters. The Morgan fingerprint density at radius 1 is 1.37 bits per heavy atom. The highest BCUT2D eigenvalue weighted by molar-refractivity contribution is 9.11. The van der Waals surface area contributed by atoms with Gasteiger partial charge in [0, 0.05) is 24.7 Å². The smallest absolute Gasteiger partial charge is 0.244 e. The molecule has 0 saturated carbocycles. The van der Waals surface area contributed by atoms with Crippen LogP contribution in [0.4, 0.5) is 0 Å². The maximum Gasteiger partial charge on any atom is 0.244 e. The van der Waals surface area contributed by atoms with E-state index in [1.54, 1.807) is 0 Å². The number of thiophene rings is 1. The molecule has 0 amide bonds. The van der Waals surface area contributed by atoms with Gasteiger partial charge >= 0.3 is 0 Å². The zero-order valence-corrected chi connectivity index (χ0v) is 14.4. The number of halogens is 1. The Labute approximate surface area is 125 Å². The van der Waals surface area contributed by atoms with Gasteiger partial charge in [0.2, 0.25) is 10.0 Å². The predicted molar refractivity (Wildman–Crippen MR) is 77.5 cm³/mol. The number of nitrogens with zero attached hydrogens (tertiary/aromatic N) is 1. The Hall–Kier alpha value is -0.000000000000000111. The van der Waals surface area contributed by atoms with E-state index in [1.165, 1.54) is 13.1 Å². The average molecular weight is 392 g/mol. The van der Waals surface area contributed by atoms with Crippen molar-refractivity contribution in [2.45, 2.75) is 11.5 Å². The van der Waals surface area contributed by atoms with Gasteiger partial charge in [-0.2, -0.15) is 4.31 Å². The van der Waals surface area contributed by atoms with Crippen LogP contribution in [0.15, 0.2) is 14.7 Å². The molecule has 1 aromatic rings. The second-order valence-corrected chi connectivity index (χ2v) is 10.7. The summed E-state index contributed by atoms with van der Waals surface area (Å²) >= 11 is 4.26. The monoisotopic (exact) mass is 391 g/mol. The maximum atomic E-state index is 12.2. The van der Waals surface area contributed by atoms with Crippen molar-refractivity contribution in [3.05, 3.63) is 14.7 Å². The zero-order valence-electron chi connectivity index (χ0n) is 10.3. The molecule has 19 heavy (non-hydrogen) atoms. The average Bonchev–Trinajstić information content (AvgIpc) is 2.67. The van der Waals surface area contributed by atoms with Gasteiger partial charge in [-0.25, -0.2) is 16.8 Å². The van der Waals surface area contributed by atoms with Crippen molar-refractivity contribution in [3.8, 4) is 0 Å². The van der Waals surface area contributed by atoms with Crippen LogP contribution in [0.1, 0.15) is 4.88 Å². The summed E-state index contributed by atoms with van der Waals surface area (Å²) in [6, 6.07) is 1.38. The minimum Gasteiger partial charge on any atom is -0.391 e. The van der Waals surface area contributed by atoms with Gasteiger partial charge in [0.1, 0.15) is 14.7 Å². The third kappa shape index (κ3) is 4.50. The molecule has 6 nitrogen and oxygen atoms in total. The minimum atomic E-state index is -3.76. The second kappa shape index (κ2) is 6.19. The van der Waals surface area contributed by atoms with Gasteiger partial charge in [-0.1, -0.05) is 0 Å². The first-order valence-electron chi connectivity index (χ1n) is 5.11. The van der Waals surface area contributed by atoms with Crippen LogP contribution in [0.25, 0.3) is 0 Å². The van der Waals surface area contributed by atoms with E-state index in [-0.39, 0.29) is 23.8 Å². The normalized spacial score (nSPS) is 13.1. The number of sulfonamides is 1. The van der Waals surface area contributed by atoms with Gasteiger partial charge in [0.05, 0.1) is 16.1 Å². The molecule has 110 valence electrons. The molecule has 1 aromatic heterocycles. The largest absolute Gasteiger partial charge is 0.391 e. The Balaban J connectivity index is 2.99. The van der Waals surface area contributed by atoms with Gasteiger partial charge < -0.3 is 5.11 Å². The Morgan fingerprint density at radius 2 is 1.95 bits per heavy atom. The van der Waals surface area contributed by atoms with Crippen molar-refractivity contribution in [2.75, 3.05) is 25.6 Å². The second-order valence-electron chi connectivity index (χ2n) is 3.97. The molecule has 0 aliphatic heterocycles. The highest BCUT2D eigenvalue weighted by Gasteiger charge is 2.26. The van der Waals surface area contributed by atoms with Crippen molar-refractivity contribution < 1.29 is 21.9 Å². The van der Waals surface area contributed by atoms with Crippen molar-refractivity contribution in [2.24, 2.45) is 0 Å². The van der Waals surface area contributed by atoms with Crippen LogP contribution in [-0.2, 0) is 26.5 Å². The molecule has 0 aliphatic rings. The van der Waals surface area contributed by atoms with E-state index in [9.17, 15) is 16.8 Å². The number of hydrogen-bond donors (Lipinski definition) is 1. The number of aliphatic hydroxyl groups excluding tert-OH is 1. The van der Waals surface area contributed by atoms with Crippen LogP contribution in [0, 0.1) is 0 Å². The summed E-state index contributed by atoms with van der Waals surface area (Å²) in [6.45, 7) is -0.357. The fraction of sp³-hybridized carbons (Fsp3) is 0.556. The number of aliphatic hydroxyl groups is 1. The molecule has 0 saturated heterocycles. The van der Waals surface area contributed by atoms with Crippen LogP contribution >= 0.6 is 27.3 Å². The number of rotatable bonds is 6. The third-order valence-electron chi connectivity index (χ3n) is 2.33. The van der Waals surface area contributed by atoms with Crippen LogP contribution in [0.5, 0.6) is 0 Å². The summed E-state index contributed by atoms with van der Waals surface area (Å²) in [6.07, 6.45) is 1.05. The molecular formula is C9H14BrNO5S3. The summed E-state index contributed by atoms with van der Waals surface area (Å²) in [5.74, 6) is -0.239. The fourth-order valence-corrected chi connectivity index (χ4v) is 5.61. The van der Waals surface area contributed by atoms with Crippen LogP contribution in [-0.4, -0.2) is 51.8 Å². The molecule has 0 aromatic carbocycles. The number of hydrogen-bond acceptors (Lipinski definition) is 6. The SMILES string of the molecule is CN(CCS(C)(=O)=O)S(=O)(=O)c1cc(CO)sc1Br.